The molecule has 3 fully saturated rings. The molecule has 1 spiro atoms. The van der Waals surface area contributed by atoms with Gasteiger partial charge in [0.05, 0.1) is 36.4 Å². The van der Waals surface area contributed by atoms with E-state index >= 15 is 0 Å². The Bertz CT molecular complexity index is 1290. The molecular formula is C27H28N2O8. The number of hydrogen-bond donors (Lipinski definition) is 0. The van der Waals surface area contributed by atoms with Crippen molar-refractivity contribution >= 4 is 23.9 Å². The fourth-order valence-electron chi connectivity index (χ4n) is 5.83. The van der Waals surface area contributed by atoms with Gasteiger partial charge in [-0.15, -0.1) is 0 Å². The number of nitrogens with zero attached hydrogens (tertiary/aromatic N) is 2. The average molecular weight is 509 g/mol. The van der Waals surface area contributed by atoms with E-state index in [0.717, 1.165) is 5.56 Å². The molecule has 0 radical (unpaired) electrons. The Labute approximate surface area is 214 Å². The van der Waals surface area contributed by atoms with Gasteiger partial charge in [0.2, 0.25) is 5.60 Å². The summed E-state index contributed by atoms with van der Waals surface area (Å²) < 4.78 is 28.1. The lowest BCUT2D eigenvalue weighted by atomic mass is 9.87. The van der Waals surface area contributed by atoms with Crippen LogP contribution in [0.5, 0.6) is 5.75 Å². The number of anilines is 1. The second-order valence-corrected chi connectivity index (χ2v) is 10.7. The van der Waals surface area contributed by atoms with Gasteiger partial charge >= 0.3 is 18.2 Å². The van der Waals surface area contributed by atoms with Gasteiger partial charge in [0.15, 0.2) is 0 Å². The Balaban J connectivity index is 1.41. The fourth-order valence-corrected chi connectivity index (χ4v) is 5.83. The van der Waals surface area contributed by atoms with Crippen LogP contribution in [0, 0.1) is 0 Å². The standard InChI is InChI=1S/C27H28N2O8/c1-26(2,3)36-24(31)29-18-12-28-17-10-16(23(30)33-4)11-19(34-13-15-8-6-5-7-9-15)20(17)27(22(28)21(18)29)14-35-25(32)37-27/h5-11,18,21-22H,12-14H2,1-4H3/t18-,21-,22+,27+,29?/m0/s1. The van der Waals surface area contributed by atoms with E-state index in [1.54, 1.807) is 17.0 Å². The van der Waals surface area contributed by atoms with Crippen molar-refractivity contribution in [3.8, 4) is 5.75 Å². The highest BCUT2D eigenvalue weighted by atomic mass is 16.8. The van der Waals surface area contributed by atoms with Crippen LogP contribution in [-0.2, 0) is 31.2 Å². The number of carbonyl (C=O) groups is 3. The smallest absolute Gasteiger partial charge is 0.488 e. The van der Waals surface area contributed by atoms with E-state index in [4.69, 9.17) is 23.7 Å². The number of esters is 1. The summed E-state index contributed by atoms with van der Waals surface area (Å²) in [6.07, 6.45) is -1.19. The van der Waals surface area contributed by atoms with Gasteiger partial charge in [0.1, 0.15) is 24.6 Å². The Hall–Kier alpha value is -3.95. The molecule has 10 nitrogen and oxygen atoms in total. The first-order chi connectivity index (χ1) is 17.6. The summed E-state index contributed by atoms with van der Waals surface area (Å²) in [5.74, 6) is -0.111. The number of hydrogen-bond acceptors (Lipinski definition) is 9. The molecule has 0 bridgehead atoms. The van der Waals surface area contributed by atoms with Crippen LogP contribution in [-0.4, -0.2) is 67.1 Å². The first-order valence-electron chi connectivity index (χ1n) is 12.2. The number of methoxy groups -OCH3 is 1. The normalized spacial score (nSPS) is 26.7. The molecule has 1 amide bonds. The molecule has 0 aromatic heterocycles. The van der Waals surface area contributed by atoms with Gasteiger partial charge in [0, 0.05) is 12.2 Å². The van der Waals surface area contributed by atoms with Crippen LogP contribution in [0.4, 0.5) is 15.3 Å². The molecule has 0 unspecified atom stereocenters. The Morgan fingerprint density at radius 2 is 1.92 bits per heavy atom. The molecule has 37 heavy (non-hydrogen) atoms. The molecule has 4 aliphatic rings. The summed E-state index contributed by atoms with van der Waals surface area (Å²) in [6, 6.07) is 12.2. The number of carbonyl (C=O) groups excluding carboxylic acids is 3. The lowest BCUT2D eigenvalue weighted by molar-refractivity contribution is 0.0231. The summed E-state index contributed by atoms with van der Waals surface area (Å²) in [4.78, 5) is 41.6. The van der Waals surface area contributed by atoms with Crippen molar-refractivity contribution in [1.82, 2.24) is 4.90 Å². The lowest BCUT2D eigenvalue weighted by Crippen LogP contribution is -2.50. The molecule has 2 aromatic carbocycles. The third kappa shape index (κ3) is 3.65. The van der Waals surface area contributed by atoms with Crippen LogP contribution in [0.15, 0.2) is 42.5 Å². The van der Waals surface area contributed by atoms with Crippen LogP contribution in [0.2, 0.25) is 0 Å². The van der Waals surface area contributed by atoms with E-state index in [1.165, 1.54) is 7.11 Å². The zero-order valence-corrected chi connectivity index (χ0v) is 21.1. The highest BCUT2D eigenvalue weighted by Gasteiger charge is 2.75. The third-order valence-corrected chi connectivity index (χ3v) is 7.25. The minimum absolute atomic E-state index is 0.0371. The molecule has 0 saturated carbocycles. The van der Waals surface area contributed by atoms with E-state index in [-0.39, 0.29) is 25.3 Å². The monoisotopic (exact) mass is 508 g/mol. The van der Waals surface area contributed by atoms with E-state index in [9.17, 15) is 14.4 Å². The molecule has 4 aliphatic heterocycles. The van der Waals surface area contributed by atoms with E-state index < -0.39 is 35.5 Å². The fraction of sp³-hybridized carbons (Fsp3) is 0.444. The first-order valence-corrected chi connectivity index (χ1v) is 12.2. The predicted octanol–water partition coefficient (Wildman–Crippen LogP) is 3.60. The van der Waals surface area contributed by atoms with Gasteiger partial charge in [-0.05, 0) is 38.5 Å². The summed E-state index contributed by atoms with van der Waals surface area (Å²) in [5.41, 5.74) is 0.733. The van der Waals surface area contributed by atoms with Crippen LogP contribution >= 0.6 is 0 Å². The minimum atomic E-state index is -1.21. The Morgan fingerprint density at radius 3 is 2.57 bits per heavy atom. The molecule has 10 heteroatoms. The van der Waals surface area contributed by atoms with E-state index in [0.29, 0.717) is 29.1 Å². The zero-order chi connectivity index (χ0) is 26.1. The van der Waals surface area contributed by atoms with Gasteiger partial charge in [-0.3, -0.25) is 4.90 Å². The average Bonchev–Trinajstić information content (AvgIpc) is 3.11. The molecule has 2 aromatic rings. The number of fused-ring (bicyclic) bond motifs is 7. The molecule has 4 atom stereocenters. The minimum Gasteiger partial charge on any atom is -0.488 e. The van der Waals surface area contributed by atoms with Crippen molar-refractivity contribution < 1.29 is 38.1 Å². The number of ether oxygens (including phenoxy) is 5. The number of rotatable bonds is 4. The first kappa shape index (κ1) is 23.4. The van der Waals surface area contributed by atoms with Crippen molar-refractivity contribution in [2.45, 2.75) is 56.7 Å². The predicted molar refractivity (Wildman–Crippen MR) is 129 cm³/mol. The second kappa shape index (κ2) is 8.03. The summed E-state index contributed by atoms with van der Waals surface area (Å²) in [6.45, 7) is 6.15. The highest BCUT2D eigenvalue weighted by molar-refractivity contribution is 5.93. The third-order valence-electron chi connectivity index (χ3n) is 7.25. The molecule has 3 saturated heterocycles. The van der Waals surface area contributed by atoms with Crippen molar-refractivity contribution in [2.75, 3.05) is 25.2 Å². The van der Waals surface area contributed by atoms with Gasteiger partial charge in [-0.25, -0.2) is 14.4 Å². The maximum Gasteiger partial charge on any atom is 0.509 e. The van der Waals surface area contributed by atoms with Crippen LogP contribution in [0.1, 0.15) is 42.3 Å². The van der Waals surface area contributed by atoms with Crippen molar-refractivity contribution in [2.24, 2.45) is 0 Å². The van der Waals surface area contributed by atoms with Gasteiger partial charge < -0.3 is 28.6 Å². The number of benzene rings is 2. The SMILES string of the molecule is COC(=O)c1cc(OCc2ccccc2)c2c(c1)N1C[C@H]3[C@@H]([C@@H]1[C@@]21COC(=O)O1)N3C(=O)OC(C)(C)C. The van der Waals surface area contributed by atoms with Gasteiger partial charge in [-0.1, -0.05) is 30.3 Å². The maximum atomic E-state index is 12.9. The topological polar surface area (TPSA) is 104 Å². The Kier molecular flexibility index (Phi) is 5.09. The Morgan fingerprint density at radius 1 is 1.16 bits per heavy atom. The molecule has 0 N–H and O–H groups in total. The highest BCUT2D eigenvalue weighted by Crippen LogP contribution is 2.61. The van der Waals surface area contributed by atoms with Crippen molar-refractivity contribution in [3.05, 3.63) is 59.2 Å². The van der Waals surface area contributed by atoms with E-state index in [2.05, 4.69) is 4.90 Å². The largest absolute Gasteiger partial charge is 0.509 e. The quantitative estimate of drug-likeness (QED) is 0.348. The van der Waals surface area contributed by atoms with Crippen LogP contribution < -0.4 is 9.64 Å². The maximum absolute atomic E-state index is 12.9. The van der Waals surface area contributed by atoms with Gasteiger partial charge in [-0.2, -0.15) is 0 Å². The molecule has 194 valence electrons. The summed E-state index contributed by atoms with van der Waals surface area (Å²) in [5, 5.41) is 0. The summed E-state index contributed by atoms with van der Waals surface area (Å²) in [7, 11) is 1.32. The van der Waals surface area contributed by atoms with E-state index in [1.807, 2.05) is 51.1 Å². The lowest BCUT2D eigenvalue weighted by Gasteiger charge is -2.32. The molecule has 0 aliphatic carbocycles. The van der Waals surface area contributed by atoms with Crippen LogP contribution in [0.3, 0.4) is 0 Å². The van der Waals surface area contributed by atoms with Crippen molar-refractivity contribution in [3.63, 3.8) is 0 Å². The number of amides is 1. The second-order valence-electron chi connectivity index (χ2n) is 10.7. The zero-order valence-electron chi connectivity index (χ0n) is 21.1. The number of piperazine rings is 1. The van der Waals surface area contributed by atoms with Crippen LogP contribution in [0.25, 0.3) is 0 Å². The number of cyclic esters (lactones) is 1. The molecule has 6 rings (SSSR count). The van der Waals surface area contributed by atoms with Gasteiger partial charge in [0.25, 0.3) is 0 Å². The molecule has 4 heterocycles. The summed E-state index contributed by atoms with van der Waals surface area (Å²) >= 11 is 0. The molecular weight excluding hydrogens is 480 g/mol. The van der Waals surface area contributed by atoms with Crippen molar-refractivity contribution in [1.29, 1.82) is 0 Å².